The number of carbonyl (C=O) groups is 2. The molecule has 0 atom stereocenters. The molecule has 3 N–H and O–H groups in total. The van der Waals surface area contributed by atoms with E-state index in [4.69, 9.17) is 22.1 Å². The molecule has 0 saturated carbocycles. The van der Waals surface area contributed by atoms with E-state index in [-0.39, 0.29) is 16.2 Å². The Morgan fingerprint density at radius 3 is 2.56 bits per heavy atom. The summed E-state index contributed by atoms with van der Waals surface area (Å²) in [6.07, 6.45) is 0. The first-order valence-corrected chi connectivity index (χ1v) is 8.80. The molecule has 0 heterocycles. The first-order chi connectivity index (χ1) is 11.8. The molecule has 25 heavy (non-hydrogen) atoms. The molecule has 0 saturated heterocycles. The lowest BCUT2D eigenvalue weighted by atomic mass is 10.2. The minimum absolute atomic E-state index is 0.0330. The molecule has 0 bridgehead atoms. The van der Waals surface area contributed by atoms with Crippen LogP contribution in [0.15, 0.2) is 45.3 Å². The summed E-state index contributed by atoms with van der Waals surface area (Å²) < 4.78 is 6.54. The third-order valence-corrected chi connectivity index (χ3v) is 4.30. The standard InChI is InChI=1S/C16H12Br2N2O4S/c1-24-13-11(6-9(17)7-12(13)18)14(21)20-16(25)19-10-4-2-3-8(5-10)15(22)23/h2-7H,1H3,(H,22,23)(H2,19,20,21,25). The van der Waals surface area contributed by atoms with Crippen LogP contribution in [0.3, 0.4) is 0 Å². The van der Waals surface area contributed by atoms with Gasteiger partial charge in [0, 0.05) is 10.2 Å². The number of hydrogen-bond acceptors (Lipinski definition) is 4. The molecule has 0 fully saturated rings. The summed E-state index contributed by atoms with van der Waals surface area (Å²) in [5.41, 5.74) is 0.844. The van der Waals surface area contributed by atoms with Crippen molar-refractivity contribution in [1.29, 1.82) is 0 Å². The van der Waals surface area contributed by atoms with Gasteiger partial charge in [0.1, 0.15) is 5.75 Å². The summed E-state index contributed by atoms with van der Waals surface area (Å²) in [7, 11) is 1.46. The monoisotopic (exact) mass is 486 g/mol. The number of amides is 1. The third-order valence-electron chi connectivity index (χ3n) is 3.05. The van der Waals surface area contributed by atoms with Crippen LogP contribution in [-0.4, -0.2) is 29.2 Å². The average molecular weight is 488 g/mol. The van der Waals surface area contributed by atoms with Crippen LogP contribution in [0, 0.1) is 0 Å². The zero-order valence-electron chi connectivity index (χ0n) is 12.8. The maximum atomic E-state index is 12.5. The number of carboxylic acids is 1. The van der Waals surface area contributed by atoms with Gasteiger partial charge in [0.05, 0.1) is 22.7 Å². The van der Waals surface area contributed by atoms with Gasteiger partial charge in [-0.2, -0.15) is 0 Å². The second-order valence-corrected chi connectivity index (χ2v) is 6.94. The van der Waals surface area contributed by atoms with Gasteiger partial charge in [-0.3, -0.25) is 10.1 Å². The van der Waals surface area contributed by atoms with Crippen LogP contribution in [0.25, 0.3) is 0 Å². The molecule has 6 nitrogen and oxygen atoms in total. The van der Waals surface area contributed by atoms with Crippen LogP contribution in [0.2, 0.25) is 0 Å². The summed E-state index contributed by atoms with van der Waals surface area (Å²) in [6.45, 7) is 0. The fraction of sp³-hybridized carbons (Fsp3) is 0.0625. The van der Waals surface area contributed by atoms with E-state index >= 15 is 0 Å². The molecular weight excluding hydrogens is 476 g/mol. The van der Waals surface area contributed by atoms with Crippen molar-refractivity contribution in [2.24, 2.45) is 0 Å². The number of ether oxygens (including phenoxy) is 1. The summed E-state index contributed by atoms with van der Waals surface area (Å²) in [4.78, 5) is 23.4. The second-order valence-electron chi connectivity index (χ2n) is 4.76. The van der Waals surface area contributed by atoms with E-state index in [1.54, 1.807) is 24.3 Å². The average Bonchev–Trinajstić information content (AvgIpc) is 2.54. The molecule has 0 aliphatic heterocycles. The Morgan fingerprint density at radius 1 is 1.20 bits per heavy atom. The molecule has 0 radical (unpaired) electrons. The Morgan fingerprint density at radius 2 is 1.92 bits per heavy atom. The normalized spacial score (nSPS) is 10.0. The van der Waals surface area contributed by atoms with Crippen molar-refractivity contribution in [3.63, 3.8) is 0 Å². The Balaban J connectivity index is 2.15. The molecule has 0 aromatic heterocycles. The highest BCUT2D eigenvalue weighted by molar-refractivity contribution is 9.11. The van der Waals surface area contributed by atoms with Crippen LogP contribution < -0.4 is 15.4 Å². The van der Waals surface area contributed by atoms with E-state index in [9.17, 15) is 9.59 Å². The summed E-state index contributed by atoms with van der Waals surface area (Å²) in [5, 5.41) is 14.3. The number of hydrogen-bond donors (Lipinski definition) is 3. The lowest BCUT2D eigenvalue weighted by Gasteiger charge is -2.13. The summed E-state index contributed by atoms with van der Waals surface area (Å²) in [6, 6.07) is 9.44. The van der Waals surface area contributed by atoms with Crippen LogP contribution in [-0.2, 0) is 0 Å². The molecule has 1 amide bonds. The number of halogens is 2. The second kappa shape index (κ2) is 8.41. The van der Waals surface area contributed by atoms with Gasteiger partial charge >= 0.3 is 5.97 Å². The van der Waals surface area contributed by atoms with Gasteiger partial charge < -0.3 is 15.2 Å². The van der Waals surface area contributed by atoms with E-state index in [0.29, 0.717) is 20.4 Å². The first-order valence-electron chi connectivity index (χ1n) is 6.80. The summed E-state index contributed by atoms with van der Waals surface area (Å²) >= 11 is 11.8. The van der Waals surface area contributed by atoms with Crippen LogP contribution in [0.4, 0.5) is 5.69 Å². The summed E-state index contributed by atoms with van der Waals surface area (Å²) in [5.74, 6) is -1.15. The van der Waals surface area contributed by atoms with Crippen molar-refractivity contribution in [3.8, 4) is 5.75 Å². The number of methoxy groups -OCH3 is 1. The fourth-order valence-electron chi connectivity index (χ4n) is 2.00. The van der Waals surface area contributed by atoms with Gasteiger partial charge in [-0.25, -0.2) is 4.79 Å². The minimum atomic E-state index is -1.05. The van der Waals surface area contributed by atoms with Crippen LogP contribution >= 0.6 is 44.1 Å². The largest absolute Gasteiger partial charge is 0.495 e. The van der Waals surface area contributed by atoms with E-state index in [1.165, 1.54) is 19.2 Å². The van der Waals surface area contributed by atoms with E-state index in [2.05, 4.69) is 42.5 Å². The highest BCUT2D eigenvalue weighted by Crippen LogP contribution is 2.32. The number of thiocarbonyl (C=S) groups is 1. The highest BCUT2D eigenvalue weighted by Gasteiger charge is 2.17. The zero-order chi connectivity index (χ0) is 18.6. The molecule has 0 aliphatic carbocycles. The van der Waals surface area contributed by atoms with Crippen molar-refractivity contribution in [2.45, 2.75) is 0 Å². The molecule has 130 valence electrons. The van der Waals surface area contributed by atoms with Gasteiger partial charge in [0.25, 0.3) is 5.91 Å². The Bertz CT molecular complexity index is 858. The molecule has 0 aliphatic rings. The maximum Gasteiger partial charge on any atom is 0.335 e. The maximum absolute atomic E-state index is 12.5. The molecule has 9 heteroatoms. The zero-order valence-corrected chi connectivity index (χ0v) is 16.8. The number of anilines is 1. The first kappa shape index (κ1) is 19.4. The SMILES string of the molecule is COc1c(Br)cc(Br)cc1C(=O)NC(=S)Nc1cccc(C(=O)O)c1. The van der Waals surface area contributed by atoms with E-state index < -0.39 is 11.9 Å². The van der Waals surface area contributed by atoms with E-state index in [0.717, 1.165) is 0 Å². The number of rotatable bonds is 4. The predicted molar refractivity (Wildman–Crippen MR) is 105 cm³/mol. The Hall–Kier alpha value is -1.97. The Kier molecular flexibility index (Phi) is 6.51. The molecule has 0 unspecified atom stereocenters. The predicted octanol–water partition coefficient (Wildman–Crippen LogP) is 4.05. The van der Waals surface area contributed by atoms with Crippen molar-refractivity contribution < 1.29 is 19.4 Å². The molecule has 2 aromatic carbocycles. The molecule has 0 spiro atoms. The fourth-order valence-corrected chi connectivity index (χ4v) is 3.60. The van der Waals surface area contributed by atoms with Gasteiger partial charge in [-0.15, -0.1) is 0 Å². The number of carbonyl (C=O) groups excluding carboxylic acids is 1. The number of aromatic carboxylic acids is 1. The smallest absolute Gasteiger partial charge is 0.335 e. The van der Waals surface area contributed by atoms with Crippen molar-refractivity contribution in [2.75, 3.05) is 12.4 Å². The van der Waals surface area contributed by atoms with E-state index in [1.807, 2.05) is 0 Å². The number of nitrogens with one attached hydrogen (secondary N) is 2. The number of carboxylic acid groups (broad SMARTS) is 1. The molecule has 2 aromatic rings. The molecular formula is C16H12Br2N2O4S. The Labute approximate surface area is 165 Å². The number of benzene rings is 2. The third kappa shape index (κ3) is 5.00. The topological polar surface area (TPSA) is 87.7 Å². The van der Waals surface area contributed by atoms with Gasteiger partial charge in [0.15, 0.2) is 5.11 Å². The van der Waals surface area contributed by atoms with Crippen molar-refractivity contribution in [3.05, 3.63) is 56.5 Å². The molecule has 2 rings (SSSR count). The van der Waals surface area contributed by atoms with Gasteiger partial charge in [-0.1, -0.05) is 22.0 Å². The van der Waals surface area contributed by atoms with Crippen molar-refractivity contribution >= 4 is 66.8 Å². The lowest BCUT2D eigenvalue weighted by Crippen LogP contribution is -2.34. The van der Waals surface area contributed by atoms with Gasteiger partial charge in [-0.05, 0) is 58.5 Å². The van der Waals surface area contributed by atoms with Crippen LogP contribution in [0.1, 0.15) is 20.7 Å². The van der Waals surface area contributed by atoms with Crippen LogP contribution in [0.5, 0.6) is 5.75 Å². The van der Waals surface area contributed by atoms with Gasteiger partial charge in [0.2, 0.25) is 0 Å². The minimum Gasteiger partial charge on any atom is -0.495 e. The lowest BCUT2D eigenvalue weighted by molar-refractivity contribution is 0.0696. The highest BCUT2D eigenvalue weighted by atomic mass is 79.9. The van der Waals surface area contributed by atoms with Crippen molar-refractivity contribution in [1.82, 2.24) is 5.32 Å². The quantitative estimate of drug-likeness (QED) is 0.564.